The molecule has 2 aromatic rings. The van der Waals surface area contributed by atoms with Crippen LogP contribution in [0.25, 0.3) is 5.65 Å². The van der Waals surface area contributed by atoms with E-state index < -0.39 is 17.4 Å². The number of hydrogen-bond donors (Lipinski definition) is 2. The highest BCUT2D eigenvalue weighted by atomic mass is 16.4. The minimum atomic E-state index is -1.03. The molecule has 0 saturated carbocycles. The van der Waals surface area contributed by atoms with Crippen LogP contribution >= 0.6 is 0 Å². The van der Waals surface area contributed by atoms with Gasteiger partial charge in [0.1, 0.15) is 6.04 Å². The van der Waals surface area contributed by atoms with E-state index in [1.807, 2.05) is 0 Å². The van der Waals surface area contributed by atoms with Gasteiger partial charge in [-0.2, -0.15) is 5.10 Å². The number of rotatable bonds is 3. The Hall–Kier alpha value is -1.95. The second-order valence-electron chi connectivity index (χ2n) is 4.51. The number of aliphatic carboxylic acids is 1. The van der Waals surface area contributed by atoms with Gasteiger partial charge in [-0.25, -0.2) is 9.50 Å². The Morgan fingerprint density at radius 1 is 1.59 bits per heavy atom. The fraction of sp³-hybridized carbons (Fsp3) is 0.364. The lowest BCUT2D eigenvalue weighted by Crippen LogP contribution is -2.47. The van der Waals surface area contributed by atoms with Gasteiger partial charge in [0.15, 0.2) is 5.65 Å². The van der Waals surface area contributed by atoms with Gasteiger partial charge < -0.3 is 10.8 Å². The van der Waals surface area contributed by atoms with Gasteiger partial charge in [-0.1, -0.05) is 13.8 Å². The summed E-state index contributed by atoms with van der Waals surface area (Å²) in [5, 5.41) is 13.0. The van der Waals surface area contributed by atoms with Crippen LogP contribution in [-0.2, 0) is 10.2 Å². The van der Waals surface area contributed by atoms with E-state index in [0.717, 1.165) is 5.56 Å². The normalized spacial score (nSPS) is 13.8. The number of fused-ring (bicyclic) bond motifs is 1. The van der Waals surface area contributed by atoms with Crippen LogP contribution in [0, 0.1) is 0 Å². The summed E-state index contributed by atoms with van der Waals surface area (Å²) in [6.45, 7) is 3.55. The van der Waals surface area contributed by atoms with Crippen LogP contribution in [0.5, 0.6) is 0 Å². The molecule has 6 nitrogen and oxygen atoms in total. The molecule has 0 fully saturated rings. The highest BCUT2D eigenvalue weighted by Gasteiger charge is 2.34. The van der Waals surface area contributed by atoms with E-state index in [0.29, 0.717) is 5.65 Å². The van der Waals surface area contributed by atoms with Crippen molar-refractivity contribution >= 4 is 11.6 Å². The number of nitrogens with zero attached hydrogens (tertiary/aromatic N) is 3. The molecule has 0 aromatic carbocycles. The Morgan fingerprint density at radius 3 is 2.94 bits per heavy atom. The topological polar surface area (TPSA) is 93.5 Å². The number of carbonyl (C=O) groups is 1. The second-order valence-corrected chi connectivity index (χ2v) is 4.51. The first-order valence-electron chi connectivity index (χ1n) is 5.21. The quantitative estimate of drug-likeness (QED) is 0.802. The molecule has 6 heteroatoms. The largest absolute Gasteiger partial charge is 0.480 e. The summed E-state index contributed by atoms with van der Waals surface area (Å²) in [6.07, 6.45) is 5.03. The average molecular weight is 234 g/mol. The number of nitrogens with two attached hydrogens (primary N) is 1. The van der Waals surface area contributed by atoms with E-state index in [9.17, 15) is 4.79 Å². The Kier molecular flexibility index (Phi) is 2.59. The highest BCUT2D eigenvalue weighted by Crippen LogP contribution is 2.25. The zero-order valence-corrected chi connectivity index (χ0v) is 9.66. The van der Waals surface area contributed by atoms with Crippen molar-refractivity contribution in [3.8, 4) is 0 Å². The zero-order chi connectivity index (χ0) is 12.6. The van der Waals surface area contributed by atoms with Gasteiger partial charge in [-0.3, -0.25) is 4.79 Å². The first-order valence-corrected chi connectivity index (χ1v) is 5.21. The maximum atomic E-state index is 11.0. The van der Waals surface area contributed by atoms with Gasteiger partial charge in [0.2, 0.25) is 0 Å². The molecule has 0 saturated heterocycles. The van der Waals surface area contributed by atoms with Gasteiger partial charge in [-0.05, 0) is 5.56 Å². The van der Waals surface area contributed by atoms with Crippen LogP contribution in [-0.4, -0.2) is 31.7 Å². The molecule has 2 heterocycles. The van der Waals surface area contributed by atoms with Crippen molar-refractivity contribution in [3.63, 3.8) is 0 Å². The highest BCUT2D eigenvalue weighted by molar-refractivity contribution is 5.75. The zero-order valence-electron chi connectivity index (χ0n) is 9.66. The molecule has 0 amide bonds. The molecule has 0 aliphatic heterocycles. The summed E-state index contributed by atoms with van der Waals surface area (Å²) in [6, 6.07) is 0.783. The lowest BCUT2D eigenvalue weighted by Gasteiger charge is -2.28. The van der Waals surface area contributed by atoms with Crippen molar-refractivity contribution in [1.82, 2.24) is 14.6 Å². The smallest absolute Gasteiger partial charge is 0.321 e. The predicted molar refractivity (Wildman–Crippen MR) is 61.6 cm³/mol. The maximum absolute atomic E-state index is 11.0. The Balaban J connectivity index is 2.47. The molecule has 0 spiro atoms. The first-order chi connectivity index (χ1) is 7.93. The van der Waals surface area contributed by atoms with Crippen molar-refractivity contribution in [1.29, 1.82) is 0 Å². The summed E-state index contributed by atoms with van der Waals surface area (Å²) in [5.74, 6) is -1.03. The Morgan fingerprint density at radius 2 is 2.29 bits per heavy atom. The number of carboxylic acids is 1. The van der Waals surface area contributed by atoms with E-state index in [-0.39, 0.29) is 0 Å². The van der Waals surface area contributed by atoms with Gasteiger partial charge in [0.25, 0.3) is 0 Å². The third-order valence-electron chi connectivity index (χ3n) is 3.03. The van der Waals surface area contributed by atoms with Gasteiger partial charge in [-0.15, -0.1) is 0 Å². The van der Waals surface area contributed by atoms with Crippen LogP contribution in [0.2, 0.25) is 0 Å². The Bertz CT molecular complexity index is 561. The monoisotopic (exact) mass is 234 g/mol. The van der Waals surface area contributed by atoms with Crippen molar-refractivity contribution in [2.75, 3.05) is 0 Å². The maximum Gasteiger partial charge on any atom is 0.321 e. The lowest BCUT2D eigenvalue weighted by molar-refractivity contribution is -0.140. The van der Waals surface area contributed by atoms with Crippen LogP contribution in [0.1, 0.15) is 19.4 Å². The molecular weight excluding hydrogens is 220 g/mol. The molecule has 0 aliphatic carbocycles. The molecular formula is C11H14N4O2. The van der Waals surface area contributed by atoms with Crippen LogP contribution in [0.15, 0.2) is 24.7 Å². The minimum absolute atomic E-state index is 0.709. The Labute approximate surface area is 98.1 Å². The van der Waals surface area contributed by atoms with Gasteiger partial charge in [0, 0.05) is 23.9 Å². The van der Waals surface area contributed by atoms with Crippen LogP contribution < -0.4 is 5.73 Å². The molecule has 1 atom stereocenters. The van der Waals surface area contributed by atoms with Gasteiger partial charge in [0.05, 0.1) is 6.20 Å². The average Bonchev–Trinajstić information content (AvgIpc) is 2.74. The van der Waals surface area contributed by atoms with Gasteiger partial charge >= 0.3 is 5.97 Å². The third kappa shape index (κ3) is 1.87. The van der Waals surface area contributed by atoms with E-state index in [1.165, 1.54) is 0 Å². The lowest BCUT2D eigenvalue weighted by atomic mass is 9.79. The molecule has 1 unspecified atom stereocenters. The number of hydrogen-bond acceptors (Lipinski definition) is 4. The van der Waals surface area contributed by atoms with E-state index in [2.05, 4.69) is 10.1 Å². The van der Waals surface area contributed by atoms with Crippen molar-refractivity contribution in [3.05, 3.63) is 30.2 Å². The summed E-state index contributed by atoms with van der Waals surface area (Å²) < 4.78 is 1.60. The SMILES string of the molecule is CC(C)(c1cnc2ccnn2c1)C(N)C(=O)O. The molecule has 0 radical (unpaired) electrons. The summed E-state index contributed by atoms with van der Waals surface area (Å²) in [5.41, 5.74) is 6.43. The van der Waals surface area contributed by atoms with E-state index >= 15 is 0 Å². The van der Waals surface area contributed by atoms with Crippen LogP contribution in [0.3, 0.4) is 0 Å². The number of aromatic nitrogens is 3. The molecule has 3 N–H and O–H groups in total. The fourth-order valence-electron chi connectivity index (χ4n) is 1.63. The van der Waals surface area contributed by atoms with Crippen molar-refractivity contribution in [2.45, 2.75) is 25.3 Å². The molecule has 2 aromatic heterocycles. The molecule has 17 heavy (non-hydrogen) atoms. The molecule has 90 valence electrons. The third-order valence-corrected chi connectivity index (χ3v) is 3.03. The first kappa shape index (κ1) is 11.5. The summed E-state index contributed by atoms with van der Waals surface area (Å²) in [4.78, 5) is 15.2. The van der Waals surface area contributed by atoms with E-state index in [1.54, 1.807) is 43.0 Å². The van der Waals surface area contributed by atoms with Crippen LogP contribution in [0.4, 0.5) is 0 Å². The summed E-state index contributed by atoms with van der Waals surface area (Å²) in [7, 11) is 0. The van der Waals surface area contributed by atoms with Crippen molar-refractivity contribution in [2.24, 2.45) is 5.73 Å². The number of carboxylic acid groups (broad SMARTS) is 1. The second kappa shape index (κ2) is 3.81. The molecule has 2 rings (SSSR count). The fourth-order valence-corrected chi connectivity index (χ4v) is 1.63. The van der Waals surface area contributed by atoms with E-state index in [4.69, 9.17) is 10.8 Å². The van der Waals surface area contributed by atoms with Crippen molar-refractivity contribution < 1.29 is 9.90 Å². The predicted octanol–water partition coefficient (Wildman–Crippen LogP) is 0.419. The summed E-state index contributed by atoms with van der Waals surface area (Å²) >= 11 is 0. The standard InChI is InChI=1S/C11H14N4O2/c1-11(2,9(12)10(16)17)7-5-13-8-3-4-14-15(8)6-7/h3-6,9H,12H2,1-2H3,(H,16,17). The minimum Gasteiger partial charge on any atom is -0.480 e. The molecule has 0 bridgehead atoms. The molecule has 0 aliphatic rings.